The highest BCUT2D eigenvalue weighted by Gasteiger charge is 2.26. The fraction of sp³-hybridized carbons (Fsp3) is 0.200. The molecule has 0 radical (unpaired) electrons. The summed E-state index contributed by atoms with van der Waals surface area (Å²) >= 11 is 5.91. The third kappa shape index (κ3) is 3.75. The van der Waals surface area contributed by atoms with Gasteiger partial charge in [0.15, 0.2) is 0 Å². The molecule has 1 fully saturated rings. The van der Waals surface area contributed by atoms with Crippen LogP contribution in [0.3, 0.4) is 0 Å². The van der Waals surface area contributed by atoms with Crippen molar-refractivity contribution in [1.82, 2.24) is 25.0 Å². The molecule has 1 saturated heterocycles. The van der Waals surface area contributed by atoms with E-state index in [4.69, 9.17) is 11.6 Å². The number of aromatic nitrogens is 3. The van der Waals surface area contributed by atoms with Gasteiger partial charge in [-0.25, -0.2) is 0 Å². The van der Waals surface area contributed by atoms with Gasteiger partial charge in [-0.1, -0.05) is 23.7 Å². The number of hydrogen-bond acceptors (Lipinski definition) is 4. The molecule has 1 aromatic carbocycles. The van der Waals surface area contributed by atoms with Crippen molar-refractivity contribution in [3.05, 3.63) is 71.1 Å². The Kier molecular flexibility index (Phi) is 5.08. The molecule has 1 aliphatic heterocycles. The zero-order valence-electron chi connectivity index (χ0n) is 15.0. The van der Waals surface area contributed by atoms with E-state index in [9.17, 15) is 9.59 Å². The zero-order chi connectivity index (χ0) is 19.5. The SMILES string of the molecule is O=C(c1cccnc1)N1CCN(C(=O)c2cc(-c3ccc(Cl)cc3)n[nH]2)CC1. The molecule has 4 rings (SSSR count). The summed E-state index contributed by atoms with van der Waals surface area (Å²) in [6, 6.07) is 12.5. The lowest BCUT2D eigenvalue weighted by atomic mass is 10.1. The highest BCUT2D eigenvalue weighted by molar-refractivity contribution is 6.30. The first kappa shape index (κ1) is 18.2. The first-order valence-corrected chi connectivity index (χ1v) is 9.29. The molecule has 0 atom stereocenters. The van der Waals surface area contributed by atoms with Crippen LogP contribution in [-0.4, -0.2) is 63.0 Å². The van der Waals surface area contributed by atoms with Gasteiger partial charge in [0.05, 0.1) is 11.3 Å². The lowest BCUT2D eigenvalue weighted by Crippen LogP contribution is -2.50. The summed E-state index contributed by atoms with van der Waals surface area (Å²) < 4.78 is 0. The van der Waals surface area contributed by atoms with Crippen LogP contribution in [0, 0.1) is 0 Å². The number of aromatic amines is 1. The smallest absolute Gasteiger partial charge is 0.272 e. The Labute approximate surface area is 166 Å². The van der Waals surface area contributed by atoms with Crippen molar-refractivity contribution in [3.8, 4) is 11.3 Å². The molecule has 7 nitrogen and oxygen atoms in total. The molecule has 1 N–H and O–H groups in total. The topological polar surface area (TPSA) is 82.2 Å². The molecule has 3 heterocycles. The minimum absolute atomic E-state index is 0.0632. The molecular formula is C20H18ClN5O2. The van der Waals surface area contributed by atoms with E-state index in [1.807, 2.05) is 12.1 Å². The predicted molar refractivity (Wildman–Crippen MR) is 105 cm³/mol. The van der Waals surface area contributed by atoms with Crippen molar-refractivity contribution >= 4 is 23.4 Å². The van der Waals surface area contributed by atoms with E-state index in [2.05, 4.69) is 15.2 Å². The number of benzene rings is 1. The third-order valence-electron chi connectivity index (χ3n) is 4.71. The quantitative estimate of drug-likeness (QED) is 0.739. The van der Waals surface area contributed by atoms with Crippen LogP contribution in [0.15, 0.2) is 54.9 Å². The zero-order valence-corrected chi connectivity index (χ0v) is 15.8. The van der Waals surface area contributed by atoms with Crippen LogP contribution in [0.4, 0.5) is 0 Å². The second kappa shape index (κ2) is 7.82. The number of carbonyl (C=O) groups is 2. The van der Waals surface area contributed by atoms with Crippen molar-refractivity contribution in [2.75, 3.05) is 26.2 Å². The maximum Gasteiger partial charge on any atom is 0.272 e. The molecule has 0 unspecified atom stereocenters. The molecule has 142 valence electrons. The van der Waals surface area contributed by atoms with Crippen molar-refractivity contribution in [3.63, 3.8) is 0 Å². The average molecular weight is 396 g/mol. The number of nitrogens with zero attached hydrogens (tertiary/aromatic N) is 4. The lowest BCUT2D eigenvalue weighted by molar-refractivity contribution is 0.0532. The van der Waals surface area contributed by atoms with Gasteiger partial charge in [0.1, 0.15) is 5.69 Å². The van der Waals surface area contributed by atoms with E-state index in [1.54, 1.807) is 52.5 Å². The van der Waals surface area contributed by atoms with Gasteiger partial charge >= 0.3 is 0 Å². The lowest BCUT2D eigenvalue weighted by Gasteiger charge is -2.34. The Bertz CT molecular complexity index is 979. The summed E-state index contributed by atoms with van der Waals surface area (Å²) in [5.41, 5.74) is 2.55. The second-order valence-corrected chi connectivity index (χ2v) is 6.94. The number of H-pyrrole nitrogens is 1. The van der Waals surface area contributed by atoms with Gasteiger partial charge in [0.2, 0.25) is 0 Å². The summed E-state index contributed by atoms with van der Waals surface area (Å²) in [5, 5.41) is 7.69. The molecule has 0 spiro atoms. The Morgan fingerprint density at radius 2 is 1.64 bits per heavy atom. The number of halogens is 1. The summed E-state index contributed by atoms with van der Waals surface area (Å²) in [6.45, 7) is 1.91. The molecular weight excluding hydrogens is 378 g/mol. The van der Waals surface area contributed by atoms with E-state index in [0.717, 1.165) is 5.56 Å². The van der Waals surface area contributed by atoms with E-state index < -0.39 is 0 Å². The third-order valence-corrected chi connectivity index (χ3v) is 4.96. The van der Waals surface area contributed by atoms with Crippen LogP contribution < -0.4 is 0 Å². The monoisotopic (exact) mass is 395 g/mol. The van der Waals surface area contributed by atoms with E-state index in [-0.39, 0.29) is 11.8 Å². The number of hydrogen-bond donors (Lipinski definition) is 1. The molecule has 0 aliphatic carbocycles. The summed E-state index contributed by atoms with van der Waals surface area (Å²) in [4.78, 5) is 32.7. The minimum Gasteiger partial charge on any atom is -0.335 e. The molecule has 1 aliphatic rings. The van der Waals surface area contributed by atoms with Gasteiger partial charge in [-0.05, 0) is 30.3 Å². The number of piperazine rings is 1. The van der Waals surface area contributed by atoms with Gasteiger partial charge in [0, 0.05) is 49.2 Å². The van der Waals surface area contributed by atoms with Crippen molar-refractivity contribution < 1.29 is 9.59 Å². The highest BCUT2D eigenvalue weighted by Crippen LogP contribution is 2.21. The van der Waals surface area contributed by atoms with E-state index in [0.29, 0.717) is 48.2 Å². The molecule has 2 amide bonds. The molecule has 0 saturated carbocycles. The number of pyridine rings is 1. The minimum atomic E-state index is -0.124. The summed E-state index contributed by atoms with van der Waals surface area (Å²) in [7, 11) is 0. The fourth-order valence-corrected chi connectivity index (χ4v) is 3.28. The molecule has 8 heteroatoms. The van der Waals surface area contributed by atoms with Crippen LogP contribution in [-0.2, 0) is 0 Å². The Hall–Kier alpha value is -3.19. The normalized spacial score (nSPS) is 14.2. The number of rotatable bonds is 3. The van der Waals surface area contributed by atoms with Crippen LogP contribution in [0.1, 0.15) is 20.8 Å². The van der Waals surface area contributed by atoms with Crippen molar-refractivity contribution in [1.29, 1.82) is 0 Å². The second-order valence-electron chi connectivity index (χ2n) is 6.50. The summed E-state index contributed by atoms with van der Waals surface area (Å²) in [6.07, 6.45) is 3.19. The average Bonchev–Trinajstić information content (AvgIpc) is 3.24. The molecule has 3 aromatic rings. The predicted octanol–water partition coefficient (Wildman–Crippen LogP) is 2.72. The van der Waals surface area contributed by atoms with Gasteiger partial charge < -0.3 is 9.80 Å². The molecule has 0 bridgehead atoms. The standard InChI is InChI=1S/C20H18ClN5O2/c21-16-5-3-14(4-6-16)17-12-18(24-23-17)20(28)26-10-8-25(9-11-26)19(27)15-2-1-7-22-13-15/h1-7,12-13H,8-11H2,(H,23,24). The van der Waals surface area contributed by atoms with Crippen molar-refractivity contribution in [2.24, 2.45) is 0 Å². The largest absolute Gasteiger partial charge is 0.335 e. The Morgan fingerprint density at radius 1 is 0.964 bits per heavy atom. The van der Waals surface area contributed by atoms with Crippen LogP contribution in [0.2, 0.25) is 5.02 Å². The Morgan fingerprint density at radius 3 is 2.29 bits per heavy atom. The molecule has 28 heavy (non-hydrogen) atoms. The van der Waals surface area contributed by atoms with Gasteiger partial charge in [-0.2, -0.15) is 5.10 Å². The van der Waals surface area contributed by atoms with Crippen LogP contribution >= 0.6 is 11.6 Å². The summed E-state index contributed by atoms with van der Waals surface area (Å²) in [5.74, 6) is -0.187. The maximum absolute atomic E-state index is 12.8. The van der Waals surface area contributed by atoms with Crippen molar-refractivity contribution in [2.45, 2.75) is 0 Å². The van der Waals surface area contributed by atoms with Gasteiger partial charge in [0.25, 0.3) is 11.8 Å². The van der Waals surface area contributed by atoms with Gasteiger partial charge in [-0.3, -0.25) is 19.7 Å². The van der Waals surface area contributed by atoms with Crippen LogP contribution in [0.5, 0.6) is 0 Å². The number of amides is 2. The number of carbonyl (C=O) groups excluding carboxylic acids is 2. The van der Waals surface area contributed by atoms with E-state index >= 15 is 0 Å². The number of nitrogens with one attached hydrogen (secondary N) is 1. The Balaban J connectivity index is 1.39. The first-order chi connectivity index (χ1) is 13.6. The van der Waals surface area contributed by atoms with Crippen LogP contribution in [0.25, 0.3) is 11.3 Å². The maximum atomic E-state index is 12.8. The highest BCUT2D eigenvalue weighted by atomic mass is 35.5. The molecule has 2 aromatic heterocycles. The van der Waals surface area contributed by atoms with E-state index in [1.165, 1.54) is 0 Å². The van der Waals surface area contributed by atoms with Gasteiger partial charge in [-0.15, -0.1) is 0 Å². The first-order valence-electron chi connectivity index (χ1n) is 8.92. The fourth-order valence-electron chi connectivity index (χ4n) is 3.15.